The summed E-state index contributed by atoms with van der Waals surface area (Å²) in [4.78, 5) is 25.8. The van der Waals surface area contributed by atoms with E-state index < -0.39 is 0 Å². The van der Waals surface area contributed by atoms with Gasteiger partial charge in [-0.05, 0) is 41.8 Å². The first-order chi connectivity index (χ1) is 17.1. The Hall–Kier alpha value is -3.97. The van der Waals surface area contributed by atoms with Crippen LogP contribution in [-0.4, -0.2) is 31.6 Å². The van der Waals surface area contributed by atoms with Crippen LogP contribution in [0, 0.1) is 0 Å². The lowest BCUT2D eigenvalue weighted by atomic mass is 10.1. The van der Waals surface area contributed by atoms with Crippen molar-refractivity contribution in [3.63, 3.8) is 0 Å². The van der Waals surface area contributed by atoms with Gasteiger partial charge in [0.15, 0.2) is 0 Å². The maximum atomic E-state index is 13.3. The van der Waals surface area contributed by atoms with Gasteiger partial charge in [-0.25, -0.2) is 0 Å². The van der Waals surface area contributed by atoms with E-state index in [2.05, 4.69) is 15.5 Å². The van der Waals surface area contributed by atoms with Gasteiger partial charge in [0.1, 0.15) is 5.82 Å². The first-order valence-electron chi connectivity index (χ1n) is 11.5. The van der Waals surface area contributed by atoms with Crippen LogP contribution in [0.3, 0.4) is 0 Å². The average Bonchev–Trinajstić information content (AvgIpc) is 3.31. The molecular weight excluding hydrogens is 462 g/mol. The molecule has 0 atom stereocenters. The van der Waals surface area contributed by atoms with Gasteiger partial charge in [0.05, 0.1) is 17.4 Å². The monoisotopic (exact) mass is 485 g/mol. The van der Waals surface area contributed by atoms with E-state index in [1.807, 2.05) is 83.3 Å². The van der Waals surface area contributed by atoms with Crippen molar-refractivity contribution in [1.82, 2.24) is 24.5 Å². The Kier molecular flexibility index (Phi) is 6.59. The highest BCUT2D eigenvalue weighted by atomic mass is 35.5. The van der Waals surface area contributed by atoms with Crippen molar-refractivity contribution < 1.29 is 4.79 Å². The smallest absolute Gasteiger partial charge is 0.263 e. The summed E-state index contributed by atoms with van der Waals surface area (Å²) in [6.45, 7) is 0.928. The van der Waals surface area contributed by atoms with Gasteiger partial charge in [0.25, 0.3) is 5.56 Å². The molecule has 0 aliphatic carbocycles. The molecule has 176 valence electrons. The van der Waals surface area contributed by atoms with Gasteiger partial charge in [-0.2, -0.15) is 0 Å². The number of benzene rings is 3. The molecule has 2 aromatic heterocycles. The fourth-order valence-corrected chi connectivity index (χ4v) is 4.32. The second-order valence-corrected chi connectivity index (χ2v) is 8.81. The molecule has 3 aromatic carbocycles. The van der Waals surface area contributed by atoms with Crippen LogP contribution >= 0.6 is 11.6 Å². The van der Waals surface area contributed by atoms with Gasteiger partial charge in [0, 0.05) is 24.4 Å². The molecule has 5 rings (SSSR count). The molecular formula is C27H24ClN5O2. The summed E-state index contributed by atoms with van der Waals surface area (Å²) in [5.41, 5.74) is 2.73. The van der Waals surface area contributed by atoms with Gasteiger partial charge in [0.2, 0.25) is 11.7 Å². The fourth-order valence-electron chi connectivity index (χ4n) is 4.20. The standard InChI is InChI=1S/C27H24ClN5O2/c28-21-12-10-19(11-13-21)16-17-29-25(34)15-14-24-30-31-27-32(18-20-6-2-1-3-7-20)26(35)22-8-4-5-9-23(22)33(24)27/h1-13H,14-18H2,(H,29,34). The molecule has 0 radical (unpaired) electrons. The SMILES string of the molecule is O=C(CCc1nnc2n(Cc3ccccc3)c(=O)c3ccccc3n12)NCCc1ccc(Cl)cc1. The van der Waals surface area contributed by atoms with Gasteiger partial charge in [-0.15, -0.1) is 10.2 Å². The number of aryl methyl sites for hydroxylation is 1. The Morgan fingerprint density at radius 1 is 0.857 bits per heavy atom. The van der Waals surface area contributed by atoms with Gasteiger partial charge in [-0.1, -0.05) is 66.2 Å². The van der Waals surface area contributed by atoms with Crippen LogP contribution in [-0.2, 0) is 24.2 Å². The molecule has 8 heteroatoms. The van der Waals surface area contributed by atoms with Crippen molar-refractivity contribution >= 4 is 34.2 Å². The van der Waals surface area contributed by atoms with E-state index in [-0.39, 0.29) is 17.9 Å². The summed E-state index contributed by atoms with van der Waals surface area (Å²) in [5.74, 6) is 1.05. The van der Waals surface area contributed by atoms with Gasteiger partial charge < -0.3 is 5.32 Å². The molecule has 2 heterocycles. The quantitative estimate of drug-likeness (QED) is 0.359. The number of amides is 1. The molecule has 0 aliphatic rings. The Morgan fingerprint density at radius 2 is 1.60 bits per heavy atom. The lowest BCUT2D eigenvalue weighted by Gasteiger charge is -2.11. The van der Waals surface area contributed by atoms with Gasteiger partial charge in [-0.3, -0.25) is 18.6 Å². The summed E-state index contributed by atoms with van der Waals surface area (Å²) in [6, 6.07) is 24.8. The summed E-state index contributed by atoms with van der Waals surface area (Å²) in [5, 5.41) is 12.9. The van der Waals surface area contributed by atoms with E-state index in [1.165, 1.54) is 0 Å². The van der Waals surface area contributed by atoms with Crippen molar-refractivity contribution in [3.05, 3.63) is 111 Å². The predicted octanol–water partition coefficient (Wildman–Crippen LogP) is 4.04. The number of hydrogen-bond donors (Lipinski definition) is 1. The molecule has 1 amide bonds. The van der Waals surface area contributed by atoms with Crippen molar-refractivity contribution in [2.24, 2.45) is 0 Å². The third-order valence-corrected chi connectivity index (χ3v) is 6.24. The van der Waals surface area contributed by atoms with Gasteiger partial charge >= 0.3 is 0 Å². The summed E-state index contributed by atoms with van der Waals surface area (Å²) >= 11 is 5.92. The summed E-state index contributed by atoms with van der Waals surface area (Å²) in [7, 11) is 0. The highest BCUT2D eigenvalue weighted by Crippen LogP contribution is 2.17. The van der Waals surface area contributed by atoms with Crippen LogP contribution in [0.4, 0.5) is 0 Å². The molecule has 35 heavy (non-hydrogen) atoms. The van der Waals surface area contributed by atoms with E-state index in [0.29, 0.717) is 41.5 Å². The number of nitrogens with one attached hydrogen (secondary N) is 1. The number of nitrogens with zero attached hydrogens (tertiary/aromatic N) is 4. The Balaban J connectivity index is 1.36. The van der Waals surface area contributed by atoms with Crippen LogP contribution in [0.1, 0.15) is 23.4 Å². The third kappa shape index (κ3) is 4.95. The van der Waals surface area contributed by atoms with E-state index in [1.54, 1.807) is 4.57 Å². The maximum absolute atomic E-state index is 13.3. The number of carbonyl (C=O) groups is 1. The Morgan fingerprint density at radius 3 is 2.40 bits per heavy atom. The topological polar surface area (TPSA) is 81.3 Å². The van der Waals surface area contributed by atoms with Crippen LogP contribution in [0.5, 0.6) is 0 Å². The Labute approximate surface area is 207 Å². The van der Waals surface area contributed by atoms with E-state index >= 15 is 0 Å². The lowest BCUT2D eigenvalue weighted by Crippen LogP contribution is -2.26. The molecule has 5 aromatic rings. The molecule has 0 spiro atoms. The molecule has 0 saturated heterocycles. The zero-order chi connectivity index (χ0) is 24.2. The van der Waals surface area contributed by atoms with E-state index in [4.69, 9.17) is 11.6 Å². The summed E-state index contributed by atoms with van der Waals surface area (Å²) in [6.07, 6.45) is 1.40. The van der Waals surface area contributed by atoms with Crippen molar-refractivity contribution in [2.75, 3.05) is 6.54 Å². The minimum atomic E-state index is -0.115. The third-order valence-electron chi connectivity index (χ3n) is 5.98. The minimum Gasteiger partial charge on any atom is -0.356 e. The maximum Gasteiger partial charge on any atom is 0.263 e. The molecule has 0 bridgehead atoms. The first-order valence-corrected chi connectivity index (χ1v) is 11.9. The minimum absolute atomic E-state index is 0.0578. The molecule has 0 fully saturated rings. The van der Waals surface area contributed by atoms with Crippen LogP contribution in [0.2, 0.25) is 5.02 Å². The zero-order valence-electron chi connectivity index (χ0n) is 19.0. The van der Waals surface area contributed by atoms with Crippen molar-refractivity contribution in [1.29, 1.82) is 0 Å². The predicted molar refractivity (Wildman–Crippen MR) is 137 cm³/mol. The average molecular weight is 486 g/mol. The number of para-hydroxylation sites is 1. The number of halogens is 1. The number of carbonyl (C=O) groups excluding carboxylic acids is 1. The fraction of sp³-hybridized carbons (Fsp3) is 0.185. The molecule has 0 unspecified atom stereocenters. The Bertz CT molecular complexity index is 1540. The first kappa shape index (κ1) is 22.8. The molecule has 1 N–H and O–H groups in total. The molecule has 0 aliphatic heterocycles. The van der Waals surface area contributed by atoms with Crippen LogP contribution < -0.4 is 10.9 Å². The number of hydrogen-bond acceptors (Lipinski definition) is 4. The van der Waals surface area contributed by atoms with Crippen LogP contribution in [0.15, 0.2) is 83.7 Å². The van der Waals surface area contributed by atoms with E-state index in [0.717, 1.165) is 23.1 Å². The normalized spacial score (nSPS) is 11.2. The van der Waals surface area contributed by atoms with E-state index in [9.17, 15) is 9.59 Å². The highest BCUT2D eigenvalue weighted by molar-refractivity contribution is 6.30. The number of rotatable bonds is 8. The number of fused-ring (bicyclic) bond motifs is 3. The highest BCUT2D eigenvalue weighted by Gasteiger charge is 2.17. The molecule has 0 saturated carbocycles. The summed E-state index contributed by atoms with van der Waals surface area (Å²) < 4.78 is 3.53. The van der Waals surface area contributed by atoms with Crippen molar-refractivity contribution in [3.8, 4) is 0 Å². The van der Waals surface area contributed by atoms with Crippen LogP contribution in [0.25, 0.3) is 16.7 Å². The lowest BCUT2D eigenvalue weighted by molar-refractivity contribution is -0.121. The van der Waals surface area contributed by atoms with Crippen molar-refractivity contribution in [2.45, 2.75) is 25.8 Å². The zero-order valence-corrected chi connectivity index (χ0v) is 19.8. The number of aromatic nitrogens is 4. The second-order valence-electron chi connectivity index (χ2n) is 8.37. The second kappa shape index (κ2) is 10.1. The largest absolute Gasteiger partial charge is 0.356 e. The molecule has 7 nitrogen and oxygen atoms in total.